The van der Waals surface area contributed by atoms with Crippen LogP contribution in [-0.2, 0) is 30.4 Å². The molecule has 0 spiro atoms. The Morgan fingerprint density at radius 1 is 1.00 bits per heavy atom. The molecule has 1 heterocycles. The minimum Gasteiger partial charge on any atom is -0.469 e. The number of likely N-dealkylation sites (tertiary alicyclic amines) is 1. The van der Waals surface area contributed by atoms with Crippen molar-refractivity contribution in [2.45, 2.75) is 26.0 Å². The van der Waals surface area contributed by atoms with Crippen LogP contribution in [0.3, 0.4) is 0 Å². The quantitative estimate of drug-likeness (QED) is 0.331. The molecule has 2 aromatic rings. The van der Waals surface area contributed by atoms with E-state index < -0.39 is 47.5 Å². The van der Waals surface area contributed by atoms with Gasteiger partial charge in [0.1, 0.15) is 18.5 Å². The molecule has 34 heavy (non-hydrogen) atoms. The number of esters is 2. The molecule has 1 aliphatic rings. The van der Waals surface area contributed by atoms with E-state index >= 15 is 0 Å². The molecule has 0 saturated carbocycles. The third kappa shape index (κ3) is 5.78. The second-order valence-corrected chi connectivity index (χ2v) is 7.81. The summed E-state index contributed by atoms with van der Waals surface area (Å²) in [4.78, 5) is 52.5. The SMILES string of the molecule is CCOC(=O)[C@@H]1[C@@H](CC(=O)OC)[C@@H](C(=O)c2ccc(F)cc2)CN1C(=O)OCc1ccccc1. The number of carbonyl (C=O) groups is 4. The van der Waals surface area contributed by atoms with Crippen molar-refractivity contribution in [3.8, 4) is 0 Å². The van der Waals surface area contributed by atoms with E-state index in [1.54, 1.807) is 31.2 Å². The number of ketones is 1. The highest BCUT2D eigenvalue weighted by atomic mass is 19.1. The highest BCUT2D eigenvalue weighted by molar-refractivity contribution is 6.00. The second-order valence-electron chi connectivity index (χ2n) is 7.81. The van der Waals surface area contributed by atoms with Crippen LogP contribution in [0.4, 0.5) is 9.18 Å². The normalized spacial score (nSPS) is 19.4. The predicted molar refractivity (Wildman–Crippen MR) is 118 cm³/mol. The zero-order valence-corrected chi connectivity index (χ0v) is 18.9. The van der Waals surface area contributed by atoms with E-state index in [1.165, 1.54) is 19.2 Å². The largest absolute Gasteiger partial charge is 0.469 e. The van der Waals surface area contributed by atoms with Gasteiger partial charge >= 0.3 is 18.0 Å². The van der Waals surface area contributed by atoms with E-state index in [2.05, 4.69) is 0 Å². The fourth-order valence-corrected chi connectivity index (χ4v) is 4.07. The maximum atomic E-state index is 13.4. The van der Waals surface area contributed by atoms with Crippen LogP contribution in [0.5, 0.6) is 0 Å². The Bertz CT molecular complexity index is 1030. The van der Waals surface area contributed by atoms with Gasteiger partial charge in [-0.05, 0) is 36.8 Å². The van der Waals surface area contributed by atoms with Crippen LogP contribution in [-0.4, -0.2) is 55.0 Å². The summed E-state index contributed by atoms with van der Waals surface area (Å²) >= 11 is 0. The highest BCUT2D eigenvalue weighted by Gasteiger charge is 2.52. The second kappa shape index (κ2) is 11.4. The van der Waals surface area contributed by atoms with Gasteiger partial charge < -0.3 is 14.2 Å². The topological polar surface area (TPSA) is 99.2 Å². The molecular weight excluding hydrogens is 445 g/mol. The summed E-state index contributed by atoms with van der Waals surface area (Å²) in [7, 11) is 1.19. The first kappa shape index (κ1) is 24.9. The van der Waals surface area contributed by atoms with Gasteiger partial charge in [-0.15, -0.1) is 0 Å². The Labute approximate surface area is 196 Å². The molecule has 3 rings (SSSR count). The van der Waals surface area contributed by atoms with Crippen LogP contribution in [0, 0.1) is 17.7 Å². The van der Waals surface area contributed by atoms with Crippen LogP contribution in [0.25, 0.3) is 0 Å². The Hall–Kier alpha value is -3.75. The van der Waals surface area contributed by atoms with E-state index in [4.69, 9.17) is 14.2 Å². The van der Waals surface area contributed by atoms with Crippen LogP contribution in [0.15, 0.2) is 54.6 Å². The van der Waals surface area contributed by atoms with Crippen LogP contribution in [0.1, 0.15) is 29.3 Å². The average Bonchev–Trinajstić information content (AvgIpc) is 3.22. The molecule has 0 unspecified atom stereocenters. The van der Waals surface area contributed by atoms with Crippen molar-refractivity contribution in [2.75, 3.05) is 20.3 Å². The van der Waals surface area contributed by atoms with Gasteiger partial charge in [0, 0.05) is 23.9 Å². The van der Waals surface area contributed by atoms with Crippen molar-refractivity contribution in [1.29, 1.82) is 0 Å². The van der Waals surface area contributed by atoms with Gasteiger partial charge in [0.15, 0.2) is 5.78 Å². The number of ether oxygens (including phenoxy) is 3. The van der Waals surface area contributed by atoms with Crippen LogP contribution >= 0.6 is 0 Å². The van der Waals surface area contributed by atoms with Gasteiger partial charge in [0.2, 0.25) is 0 Å². The van der Waals surface area contributed by atoms with Crippen molar-refractivity contribution >= 4 is 23.8 Å². The van der Waals surface area contributed by atoms with E-state index in [-0.39, 0.29) is 31.7 Å². The molecule has 1 saturated heterocycles. The Kier molecular flexibility index (Phi) is 8.34. The van der Waals surface area contributed by atoms with E-state index in [9.17, 15) is 23.6 Å². The number of methoxy groups -OCH3 is 1. The minimum atomic E-state index is -1.23. The van der Waals surface area contributed by atoms with Gasteiger partial charge in [0.25, 0.3) is 0 Å². The van der Waals surface area contributed by atoms with Crippen molar-refractivity contribution in [3.05, 3.63) is 71.5 Å². The number of Topliss-reactive ketones (excluding diaryl/α,β-unsaturated/α-hetero) is 1. The summed E-state index contributed by atoms with van der Waals surface area (Å²) in [6, 6.07) is 12.7. The zero-order valence-electron chi connectivity index (χ0n) is 18.9. The summed E-state index contributed by atoms with van der Waals surface area (Å²) in [5, 5.41) is 0. The highest BCUT2D eigenvalue weighted by Crippen LogP contribution is 2.36. The zero-order chi connectivity index (χ0) is 24.7. The average molecular weight is 471 g/mol. The molecular formula is C25H26FNO7. The van der Waals surface area contributed by atoms with Crippen molar-refractivity contribution < 1.29 is 37.8 Å². The van der Waals surface area contributed by atoms with Crippen molar-refractivity contribution in [3.63, 3.8) is 0 Å². The Morgan fingerprint density at radius 2 is 1.68 bits per heavy atom. The van der Waals surface area contributed by atoms with Crippen LogP contribution in [0.2, 0.25) is 0 Å². The maximum absolute atomic E-state index is 13.4. The van der Waals surface area contributed by atoms with Crippen LogP contribution < -0.4 is 0 Å². The summed E-state index contributed by atoms with van der Waals surface area (Å²) in [5.74, 6) is -4.17. The molecule has 0 aromatic heterocycles. The molecule has 9 heteroatoms. The maximum Gasteiger partial charge on any atom is 0.410 e. The summed E-state index contributed by atoms with van der Waals surface area (Å²) in [6.07, 6.45) is -1.11. The monoisotopic (exact) mass is 471 g/mol. The Morgan fingerprint density at radius 3 is 2.29 bits per heavy atom. The fourth-order valence-electron chi connectivity index (χ4n) is 4.07. The number of amides is 1. The van der Waals surface area contributed by atoms with E-state index in [0.717, 1.165) is 22.6 Å². The van der Waals surface area contributed by atoms with Crippen molar-refractivity contribution in [1.82, 2.24) is 4.90 Å². The molecule has 1 fully saturated rings. The molecule has 180 valence electrons. The van der Waals surface area contributed by atoms with Gasteiger partial charge in [-0.2, -0.15) is 0 Å². The Balaban J connectivity index is 1.91. The smallest absolute Gasteiger partial charge is 0.410 e. The number of halogens is 1. The molecule has 8 nitrogen and oxygen atoms in total. The first-order valence-corrected chi connectivity index (χ1v) is 10.9. The molecule has 0 bridgehead atoms. The van der Waals surface area contributed by atoms with Crippen molar-refractivity contribution in [2.24, 2.45) is 11.8 Å². The lowest BCUT2D eigenvalue weighted by atomic mass is 9.82. The van der Waals surface area contributed by atoms with Gasteiger partial charge in [-0.25, -0.2) is 14.0 Å². The molecule has 1 aliphatic heterocycles. The minimum absolute atomic E-state index is 0.0377. The number of carbonyl (C=O) groups excluding carboxylic acids is 4. The first-order valence-electron chi connectivity index (χ1n) is 10.9. The first-order chi connectivity index (χ1) is 16.3. The number of rotatable bonds is 8. The third-order valence-corrected chi connectivity index (χ3v) is 5.71. The number of hydrogen-bond donors (Lipinski definition) is 0. The van der Waals surface area contributed by atoms with Gasteiger partial charge in [-0.1, -0.05) is 30.3 Å². The molecule has 0 radical (unpaired) electrons. The summed E-state index contributed by atoms with van der Waals surface area (Å²) in [5.41, 5.74) is 0.941. The number of hydrogen-bond acceptors (Lipinski definition) is 7. The van der Waals surface area contributed by atoms with E-state index in [0.29, 0.717) is 0 Å². The lowest BCUT2D eigenvalue weighted by Gasteiger charge is -2.25. The molecule has 2 aromatic carbocycles. The number of nitrogens with zero attached hydrogens (tertiary/aromatic N) is 1. The lowest BCUT2D eigenvalue weighted by molar-refractivity contribution is -0.150. The molecule has 0 aliphatic carbocycles. The molecule has 1 amide bonds. The molecule has 3 atom stereocenters. The summed E-state index contributed by atoms with van der Waals surface area (Å²) in [6.45, 7) is 1.45. The molecule has 0 N–H and O–H groups in total. The number of benzene rings is 2. The standard InChI is InChI=1S/C25H26FNO7/c1-3-33-24(30)22-19(13-21(28)32-2)20(23(29)17-9-11-18(26)12-10-17)14-27(22)25(31)34-15-16-7-5-4-6-8-16/h4-12,19-20,22H,3,13-15H2,1-2H3/t19-,20-,22-/m0/s1. The van der Waals surface area contributed by atoms with Gasteiger partial charge in [-0.3, -0.25) is 14.5 Å². The fraction of sp³-hybridized carbons (Fsp3) is 0.360. The van der Waals surface area contributed by atoms with E-state index in [1.807, 2.05) is 6.07 Å². The lowest BCUT2D eigenvalue weighted by Crippen LogP contribution is -2.45. The van der Waals surface area contributed by atoms with Gasteiger partial charge in [0.05, 0.1) is 20.1 Å². The predicted octanol–water partition coefficient (Wildman–Crippen LogP) is 3.39. The summed E-state index contributed by atoms with van der Waals surface area (Å²) < 4.78 is 28.7. The third-order valence-electron chi connectivity index (χ3n) is 5.71.